The number of anilines is 1. The molecule has 0 aromatic heterocycles. The highest BCUT2D eigenvalue weighted by molar-refractivity contribution is 6.38. The Kier molecular flexibility index (Phi) is 6.79. The van der Waals surface area contributed by atoms with Crippen LogP contribution < -0.4 is 10.7 Å². The molecule has 31 heavy (non-hydrogen) atoms. The SMILES string of the molecule is CC[C@H](C)c1ccc(C(=O)COC(=O)C2=NN(c3ccc(F)cc3)[C@H](C(N)=O)C2)cc1. The zero-order valence-electron chi connectivity index (χ0n) is 17.4. The normalized spacial score (nSPS) is 16.5. The van der Waals surface area contributed by atoms with Crippen molar-refractivity contribution in [3.05, 3.63) is 65.5 Å². The highest BCUT2D eigenvalue weighted by Gasteiger charge is 2.35. The smallest absolute Gasteiger partial charge is 0.355 e. The van der Waals surface area contributed by atoms with Gasteiger partial charge in [0.15, 0.2) is 12.4 Å². The number of rotatable bonds is 8. The van der Waals surface area contributed by atoms with Gasteiger partial charge in [-0.3, -0.25) is 14.6 Å². The fourth-order valence-electron chi connectivity index (χ4n) is 3.22. The fraction of sp³-hybridized carbons (Fsp3) is 0.304. The second-order valence-electron chi connectivity index (χ2n) is 7.42. The Labute approximate surface area is 179 Å². The molecule has 0 spiro atoms. The lowest BCUT2D eigenvalue weighted by atomic mass is 9.97. The van der Waals surface area contributed by atoms with Gasteiger partial charge in [0.1, 0.15) is 17.6 Å². The van der Waals surface area contributed by atoms with E-state index in [4.69, 9.17) is 10.5 Å². The number of Topliss-reactive ketones (excluding diaryl/α,β-unsaturated/α-hetero) is 1. The highest BCUT2D eigenvalue weighted by atomic mass is 19.1. The van der Waals surface area contributed by atoms with E-state index in [2.05, 4.69) is 18.9 Å². The van der Waals surface area contributed by atoms with Gasteiger partial charge in [-0.2, -0.15) is 5.10 Å². The summed E-state index contributed by atoms with van der Waals surface area (Å²) < 4.78 is 18.3. The second-order valence-corrected chi connectivity index (χ2v) is 7.42. The van der Waals surface area contributed by atoms with Crippen molar-refractivity contribution < 1.29 is 23.5 Å². The van der Waals surface area contributed by atoms with Gasteiger partial charge in [0.05, 0.1) is 5.69 Å². The number of halogens is 1. The van der Waals surface area contributed by atoms with Crippen LogP contribution in [0.3, 0.4) is 0 Å². The van der Waals surface area contributed by atoms with Gasteiger partial charge in [-0.1, -0.05) is 38.1 Å². The van der Waals surface area contributed by atoms with Gasteiger partial charge in [0.2, 0.25) is 5.91 Å². The van der Waals surface area contributed by atoms with E-state index in [9.17, 15) is 18.8 Å². The first-order valence-electron chi connectivity index (χ1n) is 10.0. The van der Waals surface area contributed by atoms with Crippen molar-refractivity contribution >= 4 is 29.1 Å². The van der Waals surface area contributed by atoms with Gasteiger partial charge < -0.3 is 10.5 Å². The molecule has 0 radical (unpaired) electrons. The summed E-state index contributed by atoms with van der Waals surface area (Å²) in [5.74, 6) is -1.89. The van der Waals surface area contributed by atoms with Crippen molar-refractivity contribution in [1.29, 1.82) is 0 Å². The molecule has 0 fully saturated rings. The Balaban J connectivity index is 1.65. The van der Waals surface area contributed by atoms with Crippen LogP contribution in [0.25, 0.3) is 0 Å². The highest BCUT2D eigenvalue weighted by Crippen LogP contribution is 2.25. The molecule has 0 aliphatic carbocycles. The van der Waals surface area contributed by atoms with E-state index in [-0.39, 0.29) is 17.9 Å². The predicted octanol–water partition coefficient (Wildman–Crippen LogP) is 3.19. The van der Waals surface area contributed by atoms with Crippen LogP contribution in [0.5, 0.6) is 0 Å². The average molecular weight is 425 g/mol. The number of benzene rings is 2. The molecule has 2 atom stereocenters. The van der Waals surface area contributed by atoms with Crippen molar-refractivity contribution in [2.45, 2.75) is 38.6 Å². The molecule has 162 valence electrons. The van der Waals surface area contributed by atoms with Crippen molar-refractivity contribution in [2.24, 2.45) is 10.8 Å². The molecule has 1 aliphatic heterocycles. The third-order valence-electron chi connectivity index (χ3n) is 5.31. The number of ketones is 1. The number of nitrogens with two attached hydrogens (primary N) is 1. The van der Waals surface area contributed by atoms with Crippen LogP contribution in [0.2, 0.25) is 0 Å². The minimum Gasteiger partial charge on any atom is -0.453 e. The molecule has 8 heteroatoms. The summed E-state index contributed by atoms with van der Waals surface area (Å²) in [7, 11) is 0. The van der Waals surface area contributed by atoms with Crippen LogP contribution in [-0.4, -0.2) is 36.0 Å². The number of amides is 1. The molecule has 1 amide bonds. The lowest BCUT2D eigenvalue weighted by Gasteiger charge is -2.20. The van der Waals surface area contributed by atoms with Gasteiger partial charge in [-0.05, 0) is 42.2 Å². The molecule has 2 aromatic rings. The third kappa shape index (κ3) is 5.14. The topological polar surface area (TPSA) is 102 Å². The molecule has 1 aliphatic rings. The standard InChI is InChI=1S/C23H24FN3O4/c1-3-14(2)15-4-6-16(7-5-15)21(28)13-31-23(30)19-12-20(22(25)29)27(26-19)18-10-8-17(24)9-11-18/h4-11,14,20H,3,12-13H2,1-2H3,(H2,25,29)/t14-,20-/m0/s1. The van der Waals surface area contributed by atoms with Crippen LogP contribution in [0.4, 0.5) is 10.1 Å². The van der Waals surface area contributed by atoms with Gasteiger partial charge in [-0.25, -0.2) is 9.18 Å². The Morgan fingerprint density at radius 1 is 1.16 bits per heavy atom. The number of hydrazone groups is 1. The lowest BCUT2D eigenvalue weighted by Crippen LogP contribution is -2.39. The first-order valence-corrected chi connectivity index (χ1v) is 10.0. The van der Waals surface area contributed by atoms with E-state index < -0.39 is 30.3 Å². The second kappa shape index (κ2) is 9.51. The first-order chi connectivity index (χ1) is 14.8. The van der Waals surface area contributed by atoms with E-state index in [1.165, 1.54) is 29.3 Å². The minimum atomic E-state index is -0.906. The quantitative estimate of drug-likeness (QED) is 0.517. The zero-order valence-corrected chi connectivity index (χ0v) is 17.4. The zero-order chi connectivity index (χ0) is 22.5. The van der Waals surface area contributed by atoms with Crippen LogP contribution in [0.15, 0.2) is 53.6 Å². The molecule has 2 N–H and O–H groups in total. The van der Waals surface area contributed by atoms with Crippen LogP contribution >= 0.6 is 0 Å². The monoisotopic (exact) mass is 425 g/mol. The maximum atomic E-state index is 13.2. The fourth-order valence-corrected chi connectivity index (χ4v) is 3.22. The Morgan fingerprint density at radius 2 is 1.81 bits per heavy atom. The van der Waals surface area contributed by atoms with Gasteiger partial charge in [0.25, 0.3) is 0 Å². The van der Waals surface area contributed by atoms with E-state index in [0.29, 0.717) is 17.2 Å². The van der Waals surface area contributed by atoms with Crippen LogP contribution in [-0.2, 0) is 14.3 Å². The third-order valence-corrected chi connectivity index (χ3v) is 5.31. The average Bonchev–Trinajstić information content (AvgIpc) is 3.23. The van der Waals surface area contributed by atoms with E-state index in [1.54, 1.807) is 12.1 Å². The maximum Gasteiger partial charge on any atom is 0.355 e. The molecule has 0 saturated heterocycles. The van der Waals surface area contributed by atoms with Crippen molar-refractivity contribution in [3.63, 3.8) is 0 Å². The molecule has 0 saturated carbocycles. The van der Waals surface area contributed by atoms with Crippen molar-refractivity contribution in [3.8, 4) is 0 Å². The Hall–Kier alpha value is -3.55. The molecule has 1 heterocycles. The number of hydrogen-bond donors (Lipinski definition) is 1. The number of ether oxygens (including phenoxy) is 1. The van der Waals surface area contributed by atoms with Crippen LogP contribution in [0, 0.1) is 5.82 Å². The van der Waals surface area contributed by atoms with E-state index in [1.807, 2.05) is 12.1 Å². The first kappa shape index (κ1) is 22.1. The van der Waals surface area contributed by atoms with Gasteiger partial charge in [0, 0.05) is 12.0 Å². The lowest BCUT2D eigenvalue weighted by molar-refractivity contribution is -0.134. The number of carbonyl (C=O) groups excluding carboxylic acids is 3. The summed E-state index contributed by atoms with van der Waals surface area (Å²) in [4.78, 5) is 36.6. The summed E-state index contributed by atoms with van der Waals surface area (Å²) in [6, 6.07) is 11.6. The molecule has 2 aromatic carbocycles. The number of esters is 1. The number of carbonyl (C=O) groups is 3. The van der Waals surface area contributed by atoms with Gasteiger partial charge in [-0.15, -0.1) is 0 Å². The van der Waals surface area contributed by atoms with E-state index in [0.717, 1.165) is 12.0 Å². The maximum absolute atomic E-state index is 13.2. The summed E-state index contributed by atoms with van der Waals surface area (Å²) in [5.41, 5.74) is 7.37. The molecular formula is C23H24FN3O4. The number of nitrogens with zero attached hydrogens (tertiary/aromatic N) is 2. The van der Waals surface area contributed by atoms with Crippen molar-refractivity contribution in [2.75, 3.05) is 11.6 Å². The number of hydrogen-bond acceptors (Lipinski definition) is 6. The van der Waals surface area contributed by atoms with E-state index >= 15 is 0 Å². The van der Waals surface area contributed by atoms with Gasteiger partial charge >= 0.3 is 5.97 Å². The summed E-state index contributed by atoms with van der Waals surface area (Å²) >= 11 is 0. The summed E-state index contributed by atoms with van der Waals surface area (Å²) in [5, 5.41) is 5.38. The molecule has 7 nitrogen and oxygen atoms in total. The molecule has 0 bridgehead atoms. The predicted molar refractivity (Wildman–Crippen MR) is 114 cm³/mol. The molecule has 0 unspecified atom stereocenters. The largest absolute Gasteiger partial charge is 0.453 e. The minimum absolute atomic E-state index is 0.0342. The Morgan fingerprint density at radius 3 is 2.39 bits per heavy atom. The van der Waals surface area contributed by atoms with Crippen LogP contribution in [0.1, 0.15) is 48.5 Å². The summed E-state index contributed by atoms with van der Waals surface area (Å²) in [6.07, 6.45) is 0.928. The van der Waals surface area contributed by atoms with Crippen molar-refractivity contribution in [1.82, 2.24) is 0 Å². The molecular weight excluding hydrogens is 401 g/mol. The summed E-state index contributed by atoms with van der Waals surface area (Å²) in [6.45, 7) is 3.75. The number of primary amides is 1. The molecule has 3 rings (SSSR count). The Bertz CT molecular complexity index is 1000.